The molecule has 84 valence electrons. The second-order valence-corrected chi connectivity index (χ2v) is 3.34. The Hall–Kier alpha value is -2.03. The van der Waals surface area contributed by atoms with E-state index in [0.29, 0.717) is 17.7 Å². The highest BCUT2D eigenvalue weighted by Crippen LogP contribution is 2.19. The van der Waals surface area contributed by atoms with Crippen LogP contribution in [0.2, 0.25) is 0 Å². The van der Waals surface area contributed by atoms with Gasteiger partial charge in [0.05, 0.1) is 11.4 Å². The van der Waals surface area contributed by atoms with E-state index < -0.39 is 0 Å². The zero-order valence-electron chi connectivity index (χ0n) is 9.36. The lowest BCUT2D eigenvalue weighted by atomic mass is 10.1. The van der Waals surface area contributed by atoms with Crippen molar-refractivity contribution in [3.8, 4) is 0 Å². The zero-order valence-corrected chi connectivity index (χ0v) is 9.36. The molecule has 0 aliphatic rings. The maximum Gasteiger partial charge on any atom is 0.166 e. The van der Waals surface area contributed by atoms with Crippen molar-refractivity contribution >= 4 is 17.2 Å². The van der Waals surface area contributed by atoms with Crippen LogP contribution in [0, 0.1) is 0 Å². The van der Waals surface area contributed by atoms with Gasteiger partial charge in [0.15, 0.2) is 5.78 Å². The van der Waals surface area contributed by atoms with Crippen LogP contribution >= 0.6 is 0 Å². The van der Waals surface area contributed by atoms with E-state index in [9.17, 15) is 4.79 Å². The Morgan fingerprint density at radius 3 is 2.88 bits per heavy atom. The number of rotatable bonds is 5. The van der Waals surface area contributed by atoms with E-state index in [-0.39, 0.29) is 5.78 Å². The Morgan fingerprint density at radius 2 is 2.31 bits per heavy atom. The summed E-state index contributed by atoms with van der Waals surface area (Å²) in [5.74, 6) is 0.0486. The van der Waals surface area contributed by atoms with Crippen molar-refractivity contribution in [3.05, 3.63) is 48.6 Å². The summed E-state index contributed by atoms with van der Waals surface area (Å²) in [6.45, 7) is 3.54. The molecule has 0 bridgehead atoms. The molecule has 0 saturated carbocycles. The molecule has 1 aromatic carbocycles. The Bertz CT molecular complexity index is 422. The number of carbonyl (C=O) groups is 1. The minimum atomic E-state index is 0.0486. The van der Waals surface area contributed by atoms with Crippen molar-refractivity contribution in [2.45, 2.75) is 6.42 Å². The van der Waals surface area contributed by atoms with Crippen LogP contribution in [-0.4, -0.2) is 12.8 Å². The quantitative estimate of drug-likeness (QED) is 0.452. The molecule has 0 unspecified atom stereocenters. The molecule has 0 heterocycles. The van der Waals surface area contributed by atoms with E-state index in [1.54, 1.807) is 43.5 Å². The van der Waals surface area contributed by atoms with Gasteiger partial charge in [-0.25, -0.2) is 0 Å². The maximum atomic E-state index is 11.7. The van der Waals surface area contributed by atoms with E-state index in [1.165, 1.54) is 0 Å². The van der Waals surface area contributed by atoms with E-state index in [0.717, 1.165) is 5.69 Å². The number of nitrogens with one attached hydrogen (secondary N) is 1. The molecule has 0 spiro atoms. The first-order valence-electron chi connectivity index (χ1n) is 5.07. The molecular formula is C13H16N2O. The van der Waals surface area contributed by atoms with Gasteiger partial charge >= 0.3 is 0 Å². The van der Waals surface area contributed by atoms with E-state index in [1.807, 2.05) is 0 Å². The summed E-state index contributed by atoms with van der Waals surface area (Å²) < 4.78 is 0. The lowest BCUT2D eigenvalue weighted by molar-refractivity contribution is 0.0996. The minimum absolute atomic E-state index is 0.0486. The highest BCUT2D eigenvalue weighted by molar-refractivity contribution is 5.98. The van der Waals surface area contributed by atoms with E-state index >= 15 is 0 Å². The third-order valence-electron chi connectivity index (χ3n) is 2.22. The van der Waals surface area contributed by atoms with Crippen LogP contribution in [0.1, 0.15) is 16.8 Å². The highest BCUT2D eigenvalue weighted by Gasteiger charge is 2.05. The largest absolute Gasteiger partial charge is 0.397 e. The summed E-state index contributed by atoms with van der Waals surface area (Å²) in [6, 6.07) is 5.27. The van der Waals surface area contributed by atoms with Crippen molar-refractivity contribution in [1.29, 1.82) is 0 Å². The molecule has 16 heavy (non-hydrogen) atoms. The second kappa shape index (κ2) is 5.75. The van der Waals surface area contributed by atoms with Gasteiger partial charge in [0, 0.05) is 19.0 Å². The summed E-state index contributed by atoms with van der Waals surface area (Å²) in [5, 5.41) is 2.95. The lowest BCUT2D eigenvalue weighted by Crippen LogP contribution is -2.01. The summed E-state index contributed by atoms with van der Waals surface area (Å²) >= 11 is 0. The summed E-state index contributed by atoms with van der Waals surface area (Å²) in [4.78, 5) is 11.7. The Morgan fingerprint density at radius 1 is 1.56 bits per heavy atom. The topological polar surface area (TPSA) is 55.1 Å². The van der Waals surface area contributed by atoms with Gasteiger partial charge in [-0.3, -0.25) is 4.79 Å². The van der Waals surface area contributed by atoms with Gasteiger partial charge in [-0.1, -0.05) is 24.8 Å². The number of nitrogens with two attached hydrogens (primary N) is 1. The molecule has 0 amide bonds. The minimum Gasteiger partial charge on any atom is -0.397 e. The Labute approximate surface area is 95.7 Å². The Kier molecular flexibility index (Phi) is 4.33. The van der Waals surface area contributed by atoms with Crippen LogP contribution in [0.3, 0.4) is 0 Å². The fourth-order valence-corrected chi connectivity index (χ4v) is 1.35. The van der Waals surface area contributed by atoms with E-state index in [4.69, 9.17) is 5.73 Å². The normalized spacial score (nSPS) is 10.3. The van der Waals surface area contributed by atoms with Gasteiger partial charge in [0.1, 0.15) is 0 Å². The molecule has 1 aromatic rings. The maximum absolute atomic E-state index is 11.7. The van der Waals surface area contributed by atoms with Gasteiger partial charge in [0.25, 0.3) is 0 Å². The van der Waals surface area contributed by atoms with Crippen LogP contribution in [0.4, 0.5) is 11.4 Å². The van der Waals surface area contributed by atoms with Crippen molar-refractivity contribution < 1.29 is 4.79 Å². The number of anilines is 2. The van der Waals surface area contributed by atoms with E-state index in [2.05, 4.69) is 11.9 Å². The number of ketones is 1. The highest BCUT2D eigenvalue weighted by atomic mass is 16.1. The number of allylic oxidation sites excluding steroid dienone is 3. The summed E-state index contributed by atoms with van der Waals surface area (Å²) in [6.07, 6.45) is 5.54. The second-order valence-electron chi connectivity index (χ2n) is 3.34. The van der Waals surface area contributed by atoms with Crippen LogP contribution in [0.5, 0.6) is 0 Å². The number of hydrogen-bond acceptors (Lipinski definition) is 3. The average molecular weight is 216 g/mol. The molecule has 0 aromatic heterocycles. The first-order chi connectivity index (χ1) is 7.69. The Balaban J connectivity index is 2.80. The third-order valence-corrected chi connectivity index (χ3v) is 2.22. The molecule has 1 rings (SSSR count). The molecule has 3 nitrogen and oxygen atoms in total. The predicted octanol–water partition coefficient (Wildman–Crippen LogP) is 2.63. The first kappa shape index (κ1) is 12.0. The van der Waals surface area contributed by atoms with Crippen LogP contribution < -0.4 is 11.1 Å². The van der Waals surface area contributed by atoms with Crippen molar-refractivity contribution in [2.24, 2.45) is 0 Å². The monoisotopic (exact) mass is 216 g/mol. The zero-order chi connectivity index (χ0) is 12.0. The number of Topliss-reactive ketones (excluding diaryl/α,β-unsaturated/α-hetero) is 1. The van der Waals surface area contributed by atoms with Gasteiger partial charge in [-0.2, -0.15) is 0 Å². The SMILES string of the molecule is C=C/C=C\CC(=O)c1ccc(NC)c(N)c1. The fraction of sp³-hybridized carbons (Fsp3) is 0.154. The smallest absolute Gasteiger partial charge is 0.166 e. The molecule has 0 saturated heterocycles. The van der Waals surface area contributed by atoms with Gasteiger partial charge in [-0.05, 0) is 18.2 Å². The van der Waals surface area contributed by atoms with Crippen LogP contribution in [-0.2, 0) is 0 Å². The molecule has 3 heteroatoms. The lowest BCUT2D eigenvalue weighted by Gasteiger charge is -2.06. The average Bonchev–Trinajstić information content (AvgIpc) is 2.29. The molecule has 0 radical (unpaired) electrons. The van der Waals surface area contributed by atoms with Gasteiger partial charge in [-0.15, -0.1) is 0 Å². The molecule has 3 N–H and O–H groups in total. The molecule has 0 aliphatic carbocycles. The predicted molar refractivity (Wildman–Crippen MR) is 68.7 cm³/mol. The molecule has 0 aliphatic heterocycles. The van der Waals surface area contributed by atoms with Crippen molar-refractivity contribution in [1.82, 2.24) is 0 Å². The number of carbonyl (C=O) groups excluding carboxylic acids is 1. The van der Waals surface area contributed by atoms with Gasteiger partial charge < -0.3 is 11.1 Å². The number of nitrogen functional groups attached to an aromatic ring is 1. The van der Waals surface area contributed by atoms with Gasteiger partial charge in [0.2, 0.25) is 0 Å². The fourth-order valence-electron chi connectivity index (χ4n) is 1.35. The van der Waals surface area contributed by atoms with Crippen molar-refractivity contribution in [2.75, 3.05) is 18.1 Å². The van der Waals surface area contributed by atoms with Crippen LogP contribution in [0.25, 0.3) is 0 Å². The van der Waals surface area contributed by atoms with Crippen LogP contribution in [0.15, 0.2) is 43.0 Å². The molecule has 0 fully saturated rings. The summed E-state index contributed by atoms with van der Waals surface area (Å²) in [5.41, 5.74) is 7.82. The molecular weight excluding hydrogens is 200 g/mol. The number of hydrogen-bond donors (Lipinski definition) is 2. The first-order valence-corrected chi connectivity index (χ1v) is 5.07. The number of benzene rings is 1. The molecule has 0 atom stereocenters. The third kappa shape index (κ3) is 2.98. The standard InChI is InChI=1S/C13H16N2O/c1-3-4-5-6-13(16)10-7-8-12(15-2)11(14)9-10/h3-5,7-9,15H,1,6,14H2,2H3/b5-4-. The van der Waals surface area contributed by atoms with Crippen molar-refractivity contribution in [3.63, 3.8) is 0 Å². The summed E-state index contributed by atoms with van der Waals surface area (Å²) in [7, 11) is 1.79.